The fourth-order valence-electron chi connectivity index (χ4n) is 3.07. The maximum atomic E-state index is 12.7. The number of anilines is 1. The summed E-state index contributed by atoms with van der Waals surface area (Å²) in [4.78, 5) is 24.1. The van der Waals surface area contributed by atoms with Crippen LogP contribution < -0.4 is 10.6 Å². The summed E-state index contributed by atoms with van der Waals surface area (Å²) in [6.45, 7) is 0.0950. The molecule has 0 saturated heterocycles. The summed E-state index contributed by atoms with van der Waals surface area (Å²) in [6, 6.07) is 15.0. The third-order valence-corrected chi connectivity index (χ3v) is 4.42. The summed E-state index contributed by atoms with van der Waals surface area (Å²) in [6.07, 6.45) is 2.39. The quantitative estimate of drug-likeness (QED) is 0.758. The van der Waals surface area contributed by atoms with E-state index in [1.165, 1.54) is 0 Å². The molecule has 0 aliphatic carbocycles. The number of hydrogen-bond acceptors (Lipinski definition) is 3. The minimum Gasteiger partial charge on any atom is -0.396 e. The van der Waals surface area contributed by atoms with E-state index in [9.17, 15) is 9.59 Å². The molecule has 0 fully saturated rings. The van der Waals surface area contributed by atoms with Gasteiger partial charge in [-0.2, -0.15) is 0 Å². The average Bonchev–Trinajstić information content (AvgIpc) is 2.65. The van der Waals surface area contributed by atoms with Crippen molar-refractivity contribution in [1.29, 1.82) is 0 Å². The number of aliphatic hydroxyl groups is 1. The second-order valence-electron chi connectivity index (χ2n) is 6.22. The third-order valence-electron chi connectivity index (χ3n) is 4.42. The molecule has 0 saturated carbocycles. The number of nitrogens with one attached hydrogen (secondary N) is 2. The zero-order valence-corrected chi connectivity index (χ0v) is 14.0. The van der Waals surface area contributed by atoms with Crippen molar-refractivity contribution < 1.29 is 14.7 Å². The Morgan fingerprint density at radius 3 is 2.72 bits per heavy atom. The second kappa shape index (κ2) is 7.94. The first-order valence-corrected chi connectivity index (χ1v) is 8.57. The Hall–Kier alpha value is -2.66. The Morgan fingerprint density at radius 2 is 1.96 bits per heavy atom. The third kappa shape index (κ3) is 4.25. The molecule has 1 heterocycles. The van der Waals surface area contributed by atoms with Gasteiger partial charge < -0.3 is 15.7 Å². The first-order chi connectivity index (χ1) is 12.2. The monoisotopic (exact) mass is 338 g/mol. The first kappa shape index (κ1) is 17.2. The van der Waals surface area contributed by atoms with Gasteiger partial charge in [0.25, 0.3) is 5.91 Å². The summed E-state index contributed by atoms with van der Waals surface area (Å²) in [7, 11) is 0. The van der Waals surface area contributed by atoms with Gasteiger partial charge in [0.1, 0.15) is 0 Å². The molecule has 5 nitrogen and oxygen atoms in total. The van der Waals surface area contributed by atoms with Gasteiger partial charge in [0.15, 0.2) is 0 Å². The van der Waals surface area contributed by atoms with Crippen molar-refractivity contribution in [1.82, 2.24) is 5.32 Å². The molecule has 3 N–H and O–H groups in total. The first-order valence-electron chi connectivity index (χ1n) is 8.57. The van der Waals surface area contributed by atoms with E-state index in [0.29, 0.717) is 31.2 Å². The lowest BCUT2D eigenvalue weighted by atomic mass is 9.99. The van der Waals surface area contributed by atoms with E-state index < -0.39 is 0 Å². The van der Waals surface area contributed by atoms with Crippen LogP contribution in [-0.2, 0) is 11.2 Å². The normalized spacial score (nSPS) is 14.4. The van der Waals surface area contributed by atoms with Crippen LogP contribution in [0, 0.1) is 0 Å². The Kier molecular flexibility index (Phi) is 5.46. The number of aliphatic hydroxyl groups excluding tert-OH is 1. The lowest BCUT2D eigenvalue weighted by Gasteiger charge is -2.21. The predicted octanol–water partition coefficient (Wildman–Crippen LogP) is 2.81. The molecule has 0 bridgehead atoms. The van der Waals surface area contributed by atoms with Crippen LogP contribution in [0.5, 0.6) is 0 Å². The molecule has 0 radical (unpaired) electrons. The molecule has 25 heavy (non-hydrogen) atoms. The number of hydrogen-bond donors (Lipinski definition) is 3. The highest BCUT2D eigenvalue weighted by Crippen LogP contribution is 2.24. The van der Waals surface area contributed by atoms with Crippen molar-refractivity contribution in [2.24, 2.45) is 0 Å². The van der Waals surface area contributed by atoms with Crippen LogP contribution in [0.4, 0.5) is 5.69 Å². The number of fused-ring (bicyclic) bond motifs is 1. The van der Waals surface area contributed by atoms with Crippen molar-refractivity contribution in [3.8, 4) is 0 Å². The van der Waals surface area contributed by atoms with Crippen molar-refractivity contribution in [2.75, 3.05) is 11.9 Å². The van der Waals surface area contributed by atoms with E-state index in [4.69, 9.17) is 5.11 Å². The maximum absolute atomic E-state index is 12.7. The molecular weight excluding hydrogens is 316 g/mol. The minimum atomic E-state index is -0.147. The van der Waals surface area contributed by atoms with Crippen LogP contribution in [0.25, 0.3) is 0 Å². The number of carbonyl (C=O) groups excluding carboxylic acids is 2. The van der Waals surface area contributed by atoms with Crippen LogP contribution in [-0.4, -0.2) is 23.5 Å². The molecule has 2 amide bonds. The molecule has 0 aromatic heterocycles. The standard InChI is InChI=1S/C20H22N2O3/c23-12-4-7-17(14-5-2-1-3-6-14)22-20(25)16-8-10-18-15(13-16)9-11-19(24)21-18/h1-3,5-6,8,10,13,17,23H,4,7,9,11-12H2,(H,21,24)(H,22,25). The smallest absolute Gasteiger partial charge is 0.251 e. The fraction of sp³-hybridized carbons (Fsp3) is 0.300. The molecule has 1 aliphatic rings. The van der Waals surface area contributed by atoms with Gasteiger partial charge >= 0.3 is 0 Å². The van der Waals surface area contributed by atoms with E-state index in [1.807, 2.05) is 36.4 Å². The summed E-state index contributed by atoms with van der Waals surface area (Å²) < 4.78 is 0. The molecule has 3 rings (SSSR count). The maximum Gasteiger partial charge on any atom is 0.251 e. The highest BCUT2D eigenvalue weighted by molar-refractivity contribution is 5.98. The molecule has 5 heteroatoms. The Balaban J connectivity index is 1.76. The molecular formula is C20H22N2O3. The molecule has 2 aromatic rings. The van der Waals surface area contributed by atoms with Crippen molar-refractivity contribution in [3.63, 3.8) is 0 Å². The van der Waals surface area contributed by atoms with Crippen LogP contribution in [0.3, 0.4) is 0 Å². The lowest BCUT2D eigenvalue weighted by Crippen LogP contribution is -2.29. The van der Waals surface area contributed by atoms with Gasteiger partial charge in [-0.3, -0.25) is 9.59 Å². The molecule has 130 valence electrons. The number of amides is 2. The zero-order valence-electron chi connectivity index (χ0n) is 14.0. The van der Waals surface area contributed by atoms with Crippen LogP contribution in [0.1, 0.15) is 46.8 Å². The van der Waals surface area contributed by atoms with Gasteiger partial charge in [-0.15, -0.1) is 0 Å². The van der Waals surface area contributed by atoms with E-state index in [0.717, 1.165) is 16.8 Å². The highest BCUT2D eigenvalue weighted by atomic mass is 16.3. The summed E-state index contributed by atoms with van der Waals surface area (Å²) in [5.74, 6) is -0.135. The van der Waals surface area contributed by atoms with Gasteiger partial charge in [0.05, 0.1) is 6.04 Å². The number of benzene rings is 2. The molecule has 2 aromatic carbocycles. The number of rotatable bonds is 6. The molecule has 0 spiro atoms. The molecule has 1 aliphatic heterocycles. The summed E-state index contributed by atoms with van der Waals surface area (Å²) in [5.41, 5.74) is 3.38. The number of aryl methyl sites for hydroxylation is 1. The van der Waals surface area contributed by atoms with E-state index in [-0.39, 0.29) is 24.5 Å². The topological polar surface area (TPSA) is 78.4 Å². The Labute approximate surface area is 147 Å². The van der Waals surface area contributed by atoms with Crippen molar-refractivity contribution >= 4 is 17.5 Å². The van der Waals surface area contributed by atoms with Gasteiger partial charge in [-0.05, 0) is 48.6 Å². The van der Waals surface area contributed by atoms with E-state index in [1.54, 1.807) is 12.1 Å². The van der Waals surface area contributed by atoms with Crippen molar-refractivity contribution in [2.45, 2.75) is 31.7 Å². The number of carbonyl (C=O) groups is 2. The van der Waals surface area contributed by atoms with E-state index >= 15 is 0 Å². The summed E-state index contributed by atoms with van der Waals surface area (Å²) >= 11 is 0. The lowest BCUT2D eigenvalue weighted by molar-refractivity contribution is -0.116. The second-order valence-corrected chi connectivity index (χ2v) is 6.22. The minimum absolute atomic E-state index is 0.0119. The van der Waals surface area contributed by atoms with Crippen LogP contribution in [0.15, 0.2) is 48.5 Å². The zero-order chi connectivity index (χ0) is 17.6. The Bertz CT molecular complexity index is 759. The van der Waals surface area contributed by atoms with Gasteiger partial charge in [0, 0.05) is 24.3 Å². The van der Waals surface area contributed by atoms with E-state index in [2.05, 4.69) is 10.6 Å². The van der Waals surface area contributed by atoms with Crippen molar-refractivity contribution in [3.05, 3.63) is 65.2 Å². The molecule has 1 unspecified atom stereocenters. The average molecular weight is 338 g/mol. The van der Waals surface area contributed by atoms with Gasteiger partial charge in [0.2, 0.25) is 5.91 Å². The molecule has 1 atom stereocenters. The van der Waals surface area contributed by atoms with Crippen LogP contribution >= 0.6 is 0 Å². The summed E-state index contributed by atoms with van der Waals surface area (Å²) in [5, 5.41) is 15.0. The Morgan fingerprint density at radius 1 is 1.16 bits per heavy atom. The predicted molar refractivity (Wildman–Crippen MR) is 96.4 cm³/mol. The SMILES string of the molecule is O=C1CCc2cc(C(=O)NC(CCCO)c3ccccc3)ccc2N1. The van der Waals surface area contributed by atoms with Crippen LogP contribution in [0.2, 0.25) is 0 Å². The fourth-order valence-corrected chi connectivity index (χ4v) is 3.07. The van der Waals surface area contributed by atoms with Gasteiger partial charge in [-0.1, -0.05) is 30.3 Å². The van der Waals surface area contributed by atoms with Gasteiger partial charge in [-0.25, -0.2) is 0 Å². The highest BCUT2D eigenvalue weighted by Gasteiger charge is 2.19. The largest absolute Gasteiger partial charge is 0.396 e.